The van der Waals surface area contributed by atoms with E-state index in [0.717, 1.165) is 16.0 Å². The van der Waals surface area contributed by atoms with Crippen molar-refractivity contribution in [2.45, 2.75) is 17.9 Å². The molecule has 0 atom stereocenters. The predicted molar refractivity (Wildman–Crippen MR) is 80.7 cm³/mol. The summed E-state index contributed by atoms with van der Waals surface area (Å²) in [6.45, 7) is 0.515. The first-order valence-electron chi connectivity index (χ1n) is 5.92. The fourth-order valence-electron chi connectivity index (χ4n) is 1.66. The molecule has 2 aromatic rings. The maximum atomic E-state index is 11.8. The van der Waals surface area contributed by atoms with Crippen LogP contribution in [-0.4, -0.2) is 5.91 Å². The van der Waals surface area contributed by atoms with E-state index in [1.807, 2.05) is 48.5 Å². The molecule has 0 aliphatic carbocycles. The van der Waals surface area contributed by atoms with Crippen molar-refractivity contribution in [3.05, 3.63) is 64.7 Å². The minimum Gasteiger partial charge on any atom is -0.352 e. The van der Waals surface area contributed by atoms with Crippen molar-refractivity contribution >= 4 is 30.1 Å². The summed E-state index contributed by atoms with van der Waals surface area (Å²) in [6, 6.07) is 15.0. The van der Waals surface area contributed by atoms with E-state index in [9.17, 15) is 4.79 Å². The fraction of sp³-hybridized carbons (Fsp3) is 0.133. The summed E-state index contributed by atoms with van der Waals surface area (Å²) in [5, 5.41) is 3.58. The molecule has 0 radical (unpaired) electrons. The van der Waals surface area contributed by atoms with Gasteiger partial charge < -0.3 is 5.32 Å². The largest absolute Gasteiger partial charge is 0.352 e. The molecule has 1 amide bonds. The minimum absolute atomic E-state index is 0.00173. The predicted octanol–water partition coefficient (Wildman–Crippen LogP) is 3.49. The van der Waals surface area contributed by atoms with Crippen LogP contribution in [0.1, 0.15) is 11.1 Å². The Bertz CT molecular complexity index is 551. The molecule has 0 aliphatic heterocycles. The molecular formula is C15H14ClNOS. The summed E-state index contributed by atoms with van der Waals surface area (Å²) in [7, 11) is 0. The molecule has 1 N–H and O–H groups in total. The molecule has 4 heteroatoms. The van der Waals surface area contributed by atoms with Gasteiger partial charge in [-0.05, 0) is 35.4 Å². The van der Waals surface area contributed by atoms with Crippen molar-refractivity contribution in [1.82, 2.24) is 5.32 Å². The van der Waals surface area contributed by atoms with Gasteiger partial charge in [-0.15, -0.1) is 12.6 Å². The highest BCUT2D eigenvalue weighted by Gasteiger charge is 2.03. The Labute approximate surface area is 123 Å². The van der Waals surface area contributed by atoms with Crippen LogP contribution >= 0.6 is 24.2 Å². The lowest BCUT2D eigenvalue weighted by Crippen LogP contribution is -2.24. The second-order valence-electron chi connectivity index (χ2n) is 4.25. The quantitative estimate of drug-likeness (QED) is 0.830. The third kappa shape index (κ3) is 4.62. The standard InChI is InChI=1S/C15H14ClNOS/c16-13-5-1-12(2-6-13)10-17-15(18)9-11-3-7-14(19)8-4-11/h1-8,19H,9-10H2,(H,17,18). The zero-order valence-corrected chi connectivity index (χ0v) is 11.9. The van der Waals surface area contributed by atoms with Crippen molar-refractivity contribution in [2.24, 2.45) is 0 Å². The molecule has 0 saturated heterocycles. The van der Waals surface area contributed by atoms with E-state index >= 15 is 0 Å². The summed E-state index contributed by atoms with van der Waals surface area (Å²) in [5.41, 5.74) is 2.01. The van der Waals surface area contributed by atoms with E-state index in [1.54, 1.807) is 0 Å². The van der Waals surface area contributed by atoms with Crippen LogP contribution in [0, 0.1) is 0 Å². The zero-order valence-electron chi connectivity index (χ0n) is 10.3. The molecule has 2 rings (SSSR count). The molecule has 19 heavy (non-hydrogen) atoms. The van der Waals surface area contributed by atoms with Crippen molar-refractivity contribution in [3.63, 3.8) is 0 Å². The lowest BCUT2D eigenvalue weighted by atomic mass is 10.1. The molecule has 2 nitrogen and oxygen atoms in total. The molecule has 0 heterocycles. The molecular weight excluding hydrogens is 278 g/mol. The van der Waals surface area contributed by atoms with Gasteiger partial charge in [0.1, 0.15) is 0 Å². The third-order valence-electron chi connectivity index (χ3n) is 2.70. The van der Waals surface area contributed by atoms with E-state index in [1.165, 1.54) is 0 Å². The molecule has 0 fully saturated rings. The monoisotopic (exact) mass is 291 g/mol. The summed E-state index contributed by atoms with van der Waals surface area (Å²) in [5.74, 6) is 0.00173. The molecule has 98 valence electrons. The maximum Gasteiger partial charge on any atom is 0.224 e. The first-order valence-corrected chi connectivity index (χ1v) is 6.75. The number of benzene rings is 2. The Hall–Kier alpha value is -1.45. The van der Waals surface area contributed by atoms with Gasteiger partial charge in [-0.3, -0.25) is 4.79 Å². The SMILES string of the molecule is O=C(Cc1ccc(S)cc1)NCc1ccc(Cl)cc1. The van der Waals surface area contributed by atoms with Crippen LogP contribution in [-0.2, 0) is 17.8 Å². The highest BCUT2D eigenvalue weighted by Crippen LogP contribution is 2.10. The number of carbonyl (C=O) groups is 1. The van der Waals surface area contributed by atoms with E-state index in [0.29, 0.717) is 18.0 Å². The molecule has 2 aromatic carbocycles. The van der Waals surface area contributed by atoms with Gasteiger partial charge in [0.2, 0.25) is 5.91 Å². The van der Waals surface area contributed by atoms with Crippen LogP contribution < -0.4 is 5.32 Å². The first-order chi connectivity index (χ1) is 9.13. The zero-order chi connectivity index (χ0) is 13.7. The van der Waals surface area contributed by atoms with Crippen LogP contribution in [0.4, 0.5) is 0 Å². The highest BCUT2D eigenvalue weighted by molar-refractivity contribution is 7.80. The van der Waals surface area contributed by atoms with Crippen molar-refractivity contribution in [2.75, 3.05) is 0 Å². The summed E-state index contributed by atoms with van der Waals surface area (Å²) >= 11 is 10.0. The minimum atomic E-state index is 0.00173. The first kappa shape index (κ1) is 14.0. The lowest BCUT2D eigenvalue weighted by molar-refractivity contribution is -0.120. The average molecular weight is 292 g/mol. The molecule has 0 spiro atoms. The second kappa shape index (κ2) is 6.64. The van der Waals surface area contributed by atoms with Gasteiger partial charge in [-0.25, -0.2) is 0 Å². The van der Waals surface area contributed by atoms with Gasteiger partial charge in [0.25, 0.3) is 0 Å². The van der Waals surface area contributed by atoms with E-state index in [4.69, 9.17) is 11.6 Å². The lowest BCUT2D eigenvalue weighted by Gasteiger charge is -2.06. The smallest absolute Gasteiger partial charge is 0.224 e. The maximum absolute atomic E-state index is 11.8. The van der Waals surface area contributed by atoms with Crippen LogP contribution in [0.2, 0.25) is 5.02 Å². The molecule has 0 aromatic heterocycles. The van der Waals surface area contributed by atoms with Crippen LogP contribution in [0.5, 0.6) is 0 Å². The van der Waals surface area contributed by atoms with Crippen molar-refractivity contribution in [3.8, 4) is 0 Å². The van der Waals surface area contributed by atoms with Gasteiger partial charge in [-0.2, -0.15) is 0 Å². The Morgan fingerprint density at radius 3 is 2.21 bits per heavy atom. The Morgan fingerprint density at radius 1 is 1.00 bits per heavy atom. The highest BCUT2D eigenvalue weighted by atomic mass is 35.5. The fourth-order valence-corrected chi connectivity index (χ4v) is 1.94. The Morgan fingerprint density at radius 2 is 1.58 bits per heavy atom. The Balaban J connectivity index is 1.84. The number of rotatable bonds is 4. The summed E-state index contributed by atoms with van der Waals surface area (Å²) in [6.07, 6.45) is 0.377. The van der Waals surface area contributed by atoms with Gasteiger partial charge in [-0.1, -0.05) is 35.9 Å². The van der Waals surface area contributed by atoms with Crippen molar-refractivity contribution < 1.29 is 4.79 Å². The number of amides is 1. The normalized spacial score (nSPS) is 10.2. The molecule has 0 saturated carbocycles. The number of hydrogen-bond acceptors (Lipinski definition) is 2. The van der Waals surface area contributed by atoms with Gasteiger partial charge >= 0.3 is 0 Å². The number of hydrogen-bond donors (Lipinski definition) is 2. The van der Waals surface area contributed by atoms with E-state index in [-0.39, 0.29) is 5.91 Å². The molecule has 0 aliphatic rings. The second-order valence-corrected chi connectivity index (χ2v) is 5.20. The molecule has 0 bridgehead atoms. The van der Waals surface area contributed by atoms with E-state index in [2.05, 4.69) is 17.9 Å². The number of nitrogens with one attached hydrogen (secondary N) is 1. The van der Waals surface area contributed by atoms with Crippen molar-refractivity contribution in [1.29, 1.82) is 0 Å². The van der Waals surface area contributed by atoms with Gasteiger partial charge in [0.15, 0.2) is 0 Å². The van der Waals surface area contributed by atoms with Gasteiger partial charge in [0.05, 0.1) is 6.42 Å². The summed E-state index contributed by atoms with van der Waals surface area (Å²) in [4.78, 5) is 12.7. The van der Waals surface area contributed by atoms with Gasteiger partial charge in [0, 0.05) is 16.5 Å². The van der Waals surface area contributed by atoms with Crippen LogP contribution in [0.3, 0.4) is 0 Å². The Kier molecular flexibility index (Phi) is 4.88. The van der Waals surface area contributed by atoms with E-state index < -0.39 is 0 Å². The number of halogens is 1. The summed E-state index contributed by atoms with van der Waals surface area (Å²) < 4.78 is 0. The average Bonchev–Trinajstić information content (AvgIpc) is 2.41. The van der Waals surface area contributed by atoms with Crippen LogP contribution in [0.15, 0.2) is 53.4 Å². The van der Waals surface area contributed by atoms with Crippen LogP contribution in [0.25, 0.3) is 0 Å². The number of carbonyl (C=O) groups excluding carboxylic acids is 1. The third-order valence-corrected chi connectivity index (χ3v) is 3.25. The topological polar surface area (TPSA) is 29.1 Å². The number of thiol groups is 1. The molecule has 0 unspecified atom stereocenters.